The van der Waals surface area contributed by atoms with Crippen molar-refractivity contribution in [2.45, 2.75) is 5.92 Å². The third-order valence-corrected chi connectivity index (χ3v) is 4.25. The molecule has 1 aliphatic carbocycles. The van der Waals surface area contributed by atoms with Gasteiger partial charge in [-0.3, -0.25) is 0 Å². The smallest absolute Gasteiger partial charge is 0.0730 e. The second kappa shape index (κ2) is 5.53. The summed E-state index contributed by atoms with van der Waals surface area (Å²) in [7, 11) is 0. The lowest BCUT2D eigenvalue weighted by molar-refractivity contribution is 1.11. The molecule has 0 amide bonds. The van der Waals surface area contributed by atoms with Crippen LogP contribution >= 0.6 is 0 Å². The minimum atomic E-state index is 0.0358. The van der Waals surface area contributed by atoms with E-state index in [1.54, 1.807) is 0 Å². The molecule has 0 aliphatic heterocycles. The fourth-order valence-corrected chi connectivity index (χ4v) is 3.21. The first kappa shape index (κ1) is 13.4. The zero-order valence-electron chi connectivity index (χ0n) is 12.6. The van der Waals surface area contributed by atoms with Gasteiger partial charge in [-0.05, 0) is 40.5 Å². The van der Waals surface area contributed by atoms with Gasteiger partial charge in [-0.2, -0.15) is 0 Å². The van der Waals surface area contributed by atoms with Crippen molar-refractivity contribution in [1.82, 2.24) is 0 Å². The van der Waals surface area contributed by atoms with Crippen LogP contribution in [-0.4, -0.2) is 0 Å². The molecule has 106 valence electrons. The van der Waals surface area contributed by atoms with E-state index in [-0.39, 0.29) is 5.92 Å². The topological polar surface area (TPSA) is 0 Å². The van der Waals surface area contributed by atoms with Crippen molar-refractivity contribution in [3.63, 3.8) is 0 Å². The summed E-state index contributed by atoms with van der Waals surface area (Å²) in [6.45, 7) is 0. The van der Waals surface area contributed by atoms with Gasteiger partial charge >= 0.3 is 0 Å². The van der Waals surface area contributed by atoms with Crippen LogP contribution in [0, 0.1) is 24.2 Å². The van der Waals surface area contributed by atoms with Gasteiger partial charge in [-0.25, -0.2) is 0 Å². The number of terminal acetylenes is 1. The summed E-state index contributed by atoms with van der Waals surface area (Å²) >= 11 is 0. The molecule has 0 saturated heterocycles. The van der Waals surface area contributed by atoms with Crippen molar-refractivity contribution in [2.24, 2.45) is 0 Å². The van der Waals surface area contributed by atoms with Gasteiger partial charge in [-0.1, -0.05) is 72.4 Å². The quantitative estimate of drug-likeness (QED) is 0.520. The molecule has 0 fully saturated rings. The molecular weight excluding hydrogens is 276 g/mol. The highest BCUT2D eigenvalue weighted by Gasteiger charge is 2.28. The molecule has 0 nitrogen and oxygen atoms in total. The van der Waals surface area contributed by atoms with Crippen LogP contribution in [0.5, 0.6) is 0 Å². The minimum absolute atomic E-state index is 0.0358. The summed E-state index contributed by atoms with van der Waals surface area (Å²) in [5.41, 5.74) is 6.83. The van der Waals surface area contributed by atoms with Crippen molar-refractivity contribution >= 4 is 0 Å². The van der Waals surface area contributed by atoms with E-state index in [1.807, 2.05) is 42.5 Å². The molecule has 1 aliphatic rings. The lowest BCUT2D eigenvalue weighted by Crippen LogP contribution is -1.96. The number of benzene rings is 3. The van der Waals surface area contributed by atoms with Crippen molar-refractivity contribution in [2.75, 3.05) is 0 Å². The fourth-order valence-electron chi connectivity index (χ4n) is 3.21. The Morgan fingerprint density at radius 2 is 1.48 bits per heavy atom. The summed E-state index contributed by atoms with van der Waals surface area (Å²) in [6.07, 6.45) is 5.73. The zero-order chi connectivity index (χ0) is 15.6. The summed E-state index contributed by atoms with van der Waals surface area (Å²) in [6, 6.07) is 24.7. The number of hydrogen-bond donors (Lipinski definition) is 0. The highest BCUT2D eigenvalue weighted by molar-refractivity contribution is 5.82. The van der Waals surface area contributed by atoms with Gasteiger partial charge in [0.05, 0.1) is 5.92 Å². The molecule has 0 spiro atoms. The van der Waals surface area contributed by atoms with E-state index in [0.29, 0.717) is 0 Å². The normalized spacial score (nSPS) is 14.1. The average molecular weight is 290 g/mol. The van der Waals surface area contributed by atoms with Gasteiger partial charge in [0.2, 0.25) is 0 Å². The van der Waals surface area contributed by atoms with Crippen LogP contribution in [0.3, 0.4) is 0 Å². The molecule has 0 saturated carbocycles. The van der Waals surface area contributed by atoms with Crippen LogP contribution in [0.15, 0.2) is 72.8 Å². The van der Waals surface area contributed by atoms with Gasteiger partial charge in [-0.15, -0.1) is 6.42 Å². The Balaban J connectivity index is 1.91. The molecule has 0 N–H and O–H groups in total. The lowest BCUT2D eigenvalue weighted by Gasteiger charge is -2.08. The Hall–Kier alpha value is -3.22. The Kier molecular flexibility index (Phi) is 3.23. The van der Waals surface area contributed by atoms with Gasteiger partial charge < -0.3 is 0 Å². The van der Waals surface area contributed by atoms with Crippen LogP contribution in [0.2, 0.25) is 0 Å². The molecule has 4 rings (SSSR count). The van der Waals surface area contributed by atoms with E-state index in [0.717, 1.165) is 11.1 Å². The van der Waals surface area contributed by atoms with Crippen molar-refractivity contribution in [1.29, 1.82) is 0 Å². The summed E-state index contributed by atoms with van der Waals surface area (Å²) in [4.78, 5) is 0. The molecule has 3 aromatic rings. The summed E-state index contributed by atoms with van der Waals surface area (Å²) < 4.78 is 0. The molecule has 1 atom stereocenters. The molecular formula is C23H14. The van der Waals surface area contributed by atoms with E-state index in [1.165, 1.54) is 22.3 Å². The largest absolute Gasteiger partial charge is 0.115 e. The van der Waals surface area contributed by atoms with E-state index in [4.69, 9.17) is 6.42 Å². The number of hydrogen-bond acceptors (Lipinski definition) is 0. The zero-order valence-corrected chi connectivity index (χ0v) is 12.6. The lowest BCUT2D eigenvalue weighted by atomic mass is 9.93. The molecule has 0 heterocycles. The second-order valence-corrected chi connectivity index (χ2v) is 5.57. The highest BCUT2D eigenvalue weighted by Crippen LogP contribution is 2.45. The molecule has 0 heteroatoms. The average Bonchev–Trinajstić information content (AvgIpc) is 2.95. The second-order valence-electron chi connectivity index (χ2n) is 5.57. The van der Waals surface area contributed by atoms with Gasteiger partial charge in [0.25, 0.3) is 0 Å². The van der Waals surface area contributed by atoms with Crippen molar-refractivity contribution in [3.05, 3.63) is 95.1 Å². The maximum Gasteiger partial charge on any atom is 0.0730 e. The van der Waals surface area contributed by atoms with Crippen molar-refractivity contribution in [3.8, 4) is 35.3 Å². The summed E-state index contributed by atoms with van der Waals surface area (Å²) in [5.74, 6) is 9.60. The van der Waals surface area contributed by atoms with E-state index in [9.17, 15) is 0 Å². The van der Waals surface area contributed by atoms with Crippen LogP contribution in [-0.2, 0) is 0 Å². The van der Waals surface area contributed by atoms with Crippen molar-refractivity contribution < 1.29 is 0 Å². The number of rotatable bonds is 0. The van der Waals surface area contributed by atoms with Gasteiger partial charge in [0.15, 0.2) is 0 Å². The molecule has 0 radical (unpaired) electrons. The maximum atomic E-state index is 5.73. The highest BCUT2D eigenvalue weighted by atomic mass is 14.3. The Morgan fingerprint density at radius 1 is 0.739 bits per heavy atom. The molecule has 3 aromatic carbocycles. The maximum absolute atomic E-state index is 5.73. The first-order valence-electron chi connectivity index (χ1n) is 7.64. The molecule has 1 unspecified atom stereocenters. The molecule has 0 bridgehead atoms. The molecule has 0 aromatic heterocycles. The fraction of sp³-hybridized carbons (Fsp3) is 0.0435. The predicted octanol–water partition coefficient (Wildman–Crippen LogP) is 4.83. The Bertz CT molecular complexity index is 976. The monoisotopic (exact) mass is 290 g/mol. The number of fused-ring (bicyclic) bond motifs is 3. The third kappa shape index (κ3) is 2.22. The Morgan fingerprint density at radius 3 is 2.30 bits per heavy atom. The first-order chi connectivity index (χ1) is 11.4. The van der Waals surface area contributed by atoms with E-state index < -0.39 is 0 Å². The first-order valence-corrected chi connectivity index (χ1v) is 7.64. The van der Waals surface area contributed by atoms with Crippen LogP contribution in [0.4, 0.5) is 0 Å². The minimum Gasteiger partial charge on any atom is -0.115 e. The third-order valence-electron chi connectivity index (χ3n) is 4.25. The SMILES string of the molecule is C#Cc1cccc2c1C(C#Cc1ccccc1)c1ccccc1-2. The Labute approximate surface area is 136 Å². The van der Waals surface area contributed by atoms with Crippen LogP contribution in [0.1, 0.15) is 28.2 Å². The predicted molar refractivity (Wildman–Crippen MR) is 95.0 cm³/mol. The molecule has 23 heavy (non-hydrogen) atoms. The van der Waals surface area contributed by atoms with E-state index >= 15 is 0 Å². The standard InChI is InChI=1S/C23H14/c1-2-18-11-8-14-21-19-12-6-7-13-20(19)22(23(18)21)16-15-17-9-4-3-5-10-17/h1,3-14,22H. The summed E-state index contributed by atoms with van der Waals surface area (Å²) in [5, 5.41) is 0. The van der Waals surface area contributed by atoms with E-state index in [2.05, 4.69) is 48.1 Å². The van der Waals surface area contributed by atoms with Gasteiger partial charge in [0.1, 0.15) is 0 Å². The van der Waals surface area contributed by atoms with Crippen LogP contribution in [0.25, 0.3) is 11.1 Å². The van der Waals surface area contributed by atoms with Crippen LogP contribution < -0.4 is 0 Å². The van der Waals surface area contributed by atoms with Gasteiger partial charge in [0, 0.05) is 11.1 Å².